The average Bonchev–Trinajstić information content (AvgIpc) is 2.44. The smallest absolute Gasteiger partial charge is 0.322 e. The molecular weight excluding hydrogens is 339 g/mol. The van der Waals surface area contributed by atoms with Crippen molar-refractivity contribution in [3.63, 3.8) is 0 Å². The summed E-state index contributed by atoms with van der Waals surface area (Å²) < 4.78 is 28.0. The van der Waals surface area contributed by atoms with Crippen molar-refractivity contribution in [1.29, 1.82) is 0 Å². The zero-order chi connectivity index (χ0) is 15.6. The summed E-state index contributed by atoms with van der Waals surface area (Å²) in [7, 11) is -4.01. The lowest BCUT2D eigenvalue weighted by Gasteiger charge is -2.32. The first-order valence-corrected chi connectivity index (χ1v) is 8.49. The molecule has 1 aliphatic rings. The highest BCUT2D eigenvalue weighted by atomic mass is 35.5. The maximum absolute atomic E-state index is 12.4. The molecule has 2 N–H and O–H groups in total. The Bertz CT molecular complexity index is 651. The maximum atomic E-state index is 12.4. The maximum Gasteiger partial charge on any atom is 0.322 e. The zero-order valence-corrected chi connectivity index (χ0v) is 13.2. The number of hydrogen-bond donors (Lipinski definition) is 2. The summed E-state index contributed by atoms with van der Waals surface area (Å²) in [5.41, 5.74) is 0.124. The second-order valence-corrected chi connectivity index (χ2v) is 7.08. The van der Waals surface area contributed by atoms with Gasteiger partial charge in [-0.3, -0.25) is 9.52 Å². The van der Waals surface area contributed by atoms with Gasteiger partial charge in [0, 0.05) is 6.54 Å². The van der Waals surface area contributed by atoms with Gasteiger partial charge in [0.2, 0.25) is 0 Å². The quantitative estimate of drug-likeness (QED) is 0.871. The summed E-state index contributed by atoms with van der Waals surface area (Å²) in [5.74, 6) is -1.16. The van der Waals surface area contributed by atoms with Gasteiger partial charge in [0.25, 0.3) is 0 Å². The Balaban J connectivity index is 2.28. The predicted octanol–water partition coefficient (Wildman–Crippen LogP) is 2.59. The molecule has 0 saturated carbocycles. The third-order valence-corrected chi connectivity index (χ3v) is 5.59. The Morgan fingerprint density at radius 1 is 1.33 bits per heavy atom. The van der Waals surface area contributed by atoms with Crippen LogP contribution in [0.25, 0.3) is 0 Å². The van der Waals surface area contributed by atoms with Gasteiger partial charge in [-0.25, -0.2) is 0 Å². The molecule has 2 rings (SSSR count). The van der Waals surface area contributed by atoms with Gasteiger partial charge in [0.05, 0.1) is 15.7 Å². The van der Waals surface area contributed by atoms with Crippen LogP contribution in [0.15, 0.2) is 18.2 Å². The average molecular weight is 353 g/mol. The van der Waals surface area contributed by atoms with Crippen LogP contribution in [-0.2, 0) is 15.0 Å². The summed E-state index contributed by atoms with van der Waals surface area (Å²) >= 11 is 11.8. The number of anilines is 1. The van der Waals surface area contributed by atoms with Crippen LogP contribution >= 0.6 is 23.2 Å². The fourth-order valence-corrected chi connectivity index (χ4v) is 4.09. The largest absolute Gasteiger partial charge is 0.480 e. The predicted molar refractivity (Wildman–Crippen MR) is 81.0 cm³/mol. The van der Waals surface area contributed by atoms with Crippen LogP contribution in [-0.4, -0.2) is 36.4 Å². The molecule has 0 amide bonds. The molecule has 1 unspecified atom stereocenters. The topological polar surface area (TPSA) is 86.7 Å². The molecular formula is C12H14Cl2N2O4S. The molecule has 1 atom stereocenters. The third-order valence-electron chi connectivity index (χ3n) is 3.24. The molecule has 0 spiro atoms. The Labute approximate surface area is 132 Å². The summed E-state index contributed by atoms with van der Waals surface area (Å²) in [6.07, 6.45) is 1.59. The van der Waals surface area contributed by atoms with Crippen LogP contribution in [0.5, 0.6) is 0 Å². The molecule has 116 valence electrons. The first-order chi connectivity index (χ1) is 9.83. The summed E-state index contributed by atoms with van der Waals surface area (Å²) in [5, 5.41) is 9.44. The highest BCUT2D eigenvalue weighted by Gasteiger charge is 2.37. The number of carboxylic acids is 1. The van der Waals surface area contributed by atoms with E-state index in [0.717, 1.165) is 4.31 Å². The SMILES string of the molecule is O=C(O)C1CCCCN1S(=O)(=O)Nc1cccc(Cl)c1Cl. The van der Waals surface area contributed by atoms with Crippen molar-refractivity contribution in [2.75, 3.05) is 11.3 Å². The van der Waals surface area contributed by atoms with Crippen molar-refractivity contribution in [3.05, 3.63) is 28.2 Å². The number of piperidine rings is 1. The van der Waals surface area contributed by atoms with Crippen LogP contribution in [0.2, 0.25) is 10.0 Å². The minimum absolute atomic E-state index is 0.0756. The van der Waals surface area contributed by atoms with Crippen LogP contribution < -0.4 is 4.72 Å². The molecule has 9 heteroatoms. The van der Waals surface area contributed by atoms with Gasteiger partial charge >= 0.3 is 16.2 Å². The van der Waals surface area contributed by atoms with E-state index in [1.165, 1.54) is 12.1 Å². The molecule has 1 aromatic rings. The molecule has 0 aliphatic carbocycles. The van der Waals surface area contributed by atoms with Gasteiger partial charge in [0.1, 0.15) is 6.04 Å². The Morgan fingerprint density at radius 2 is 2.05 bits per heavy atom. The minimum atomic E-state index is -4.01. The van der Waals surface area contributed by atoms with E-state index >= 15 is 0 Å². The molecule has 1 fully saturated rings. The normalized spacial score (nSPS) is 20.2. The van der Waals surface area contributed by atoms with Crippen molar-refractivity contribution >= 4 is 45.1 Å². The summed E-state index contributed by atoms with van der Waals surface area (Å²) in [6.45, 7) is 0.157. The highest BCUT2D eigenvalue weighted by molar-refractivity contribution is 7.90. The monoisotopic (exact) mass is 352 g/mol. The molecule has 0 radical (unpaired) electrons. The van der Waals surface area contributed by atoms with E-state index in [9.17, 15) is 13.2 Å². The number of carboxylic acid groups (broad SMARTS) is 1. The lowest BCUT2D eigenvalue weighted by Crippen LogP contribution is -2.49. The number of carbonyl (C=O) groups is 1. The van der Waals surface area contributed by atoms with Gasteiger partial charge in [-0.1, -0.05) is 29.3 Å². The number of nitrogens with one attached hydrogen (secondary N) is 1. The standard InChI is InChI=1S/C12H14Cl2N2O4S/c13-8-4-3-5-9(11(8)14)15-21(19,20)16-7-2-1-6-10(16)12(17)18/h3-5,10,15H,1-2,6-7H2,(H,17,18). The third kappa shape index (κ3) is 3.60. The second-order valence-electron chi connectivity index (χ2n) is 4.67. The minimum Gasteiger partial charge on any atom is -0.480 e. The molecule has 1 heterocycles. The molecule has 0 bridgehead atoms. The van der Waals surface area contributed by atoms with Crippen LogP contribution in [0, 0.1) is 0 Å². The summed E-state index contributed by atoms with van der Waals surface area (Å²) in [6, 6.07) is 3.49. The number of halogens is 2. The van der Waals surface area contributed by atoms with Crippen LogP contribution in [0.1, 0.15) is 19.3 Å². The van der Waals surface area contributed by atoms with E-state index in [1.807, 2.05) is 0 Å². The summed E-state index contributed by atoms with van der Waals surface area (Å²) in [4.78, 5) is 11.2. The number of nitrogens with zero attached hydrogens (tertiary/aromatic N) is 1. The van der Waals surface area contributed by atoms with E-state index < -0.39 is 22.2 Å². The molecule has 1 aromatic carbocycles. The van der Waals surface area contributed by atoms with E-state index in [1.54, 1.807) is 6.07 Å². The zero-order valence-electron chi connectivity index (χ0n) is 10.9. The molecule has 1 saturated heterocycles. The number of aliphatic carboxylic acids is 1. The van der Waals surface area contributed by atoms with Crippen LogP contribution in [0.4, 0.5) is 5.69 Å². The van der Waals surface area contributed by atoms with Crippen molar-refractivity contribution in [2.24, 2.45) is 0 Å². The van der Waals surface area contributed by atoms with Gasteiger partial charge in [-0.05, 0) is 31.4 Å². The van der Waals surface area contributed by atoms with Crippen LogP contribution in [0.3, 0.4) is 0 Å². The number of hydrogen-bond acceptors (Lipinski definition) is 3. The lowest BCUT2D eigenvalue weighted by atomic mass is 10.1. The van der Waals surface area contributed by atoms with Gasteiger partial charge < -0.3 is 5.11 Å². The van der Waals surface area contributed by atoms with Gasteiger partial charge in [0.15, 0.2) is 0 Å². The first kappa shape index (κ1) is 16.4. The Kier molecular flexibility index (Phi) is 4.98. The van der Waals surface area contributed by atoms with Crippen molar-refractivity contribution in [2.45, 2.75) is 25.3 Å². The van der Waals surface area contributed by atoms with E-state index in [2.05, 4.69) is 4.72 Å². The Hall–Kier alpha value is -1.02. The second kappa shape index (κ2) is 6.39. The fraction of sp³-hybridized carbons (Fsp3) is 0.417. The highest BCUT2D eigenvalue weighted by Crippen LogP contribution is 2.31. The number of benzene rings is 1. The van der Waals surface area contributed by atoms with Crippen molar-refractivity contribution < 1.29 is 18.3 Å². The van der Waals surface area contributed by atoms with Gasteiger partial charge in [-0.2, -0.15) is 12.7 Å². The van der Waals surface area contributed by atoms with Crippen molar-refractivity contribution in [3.8, 4) is 0 Å². The lowest BCUT2D eigenvalue weighted by molar-refractivity contribution is -0.142. The van der Waals surface area contributed by atoms with E-state index in [4.69, 9.17) is 28.3 Å². The molecule has 0 aromatic heterocycles. The number of rotatable bonds is 4. The molecule has 21 heavy (non-hydrogen) atoms. The molecule has 1 aliphatic heterocycles. The Morgan fingerprint density at radius 3 is 2.71 bits per heavy atom. The van der Waals surface area contributed by atoms with Gasteiger partial charge in [-0.15, -0.1) is 0 Å². The first-order valence-electron chi connectivity index (χ1n) is 6.29. The van der Waals surface area contributed by atoms with Crippen molar-refractivity contribution in [1.82, 2.24) is 4.31 Å². The van der Waals surface area contributed by atoms with E-state index in [-0.39, 0.29) is 22.3 Å². The fourth-order valence-electron chi connectivity index (χ4n) is 2.22. The van der Waals surface area contributed by atoms with E-state index in [0.29, 0.717) is 19.3 Å². The molecule has 6 nitrogen and oxygen atoms in total.